The molecule has 0 saturated heterocycles. The van der Waals surface area contributed by atoms with Gasteiger partial charge in [-0.1, -0.05) is 0 Å². The van der Waals surface area contributed by atoms with Crippen molar-refractivity contribution in [3.8, 4) is 0 Å². The third-order valence-electron chi connectivity index (χ3n) is 1.82. The first kappa shape index (κ1) is 12.0. The van der Waals surface area contributed by atoms with Crippen LogP contribution in [-0.4, -0.2) is 37.7 Å². The Labute approximate surface area is 92.6 Å². The maximum Gasteiger partial charge on any atom is 0.338 e. The van der Waals surface area contributed by atoms with Gasteiger partial charge < -0.3 is 14.8 Å². The van der Waals surface area contributed by atoms with Gasteiger partial charge in [0.05, 0.1) is 19.8 Å². The highest BCUT2D eigenvalue weighted by atomic mass is 16.5. The molecule has 0 atom stereocenters. The van der Waals surface area contributed by atoms with E-state index in [1.54, 1.807) is 0 Å². The summed E-state index contributed by atoms with van der Waals surface area (Å²) >= 11 is 0. The maximum atomic E-state index is 11.2. The highest BCUT2D eigenvalue weighted by Gasteiger charge is 2.07. The van der Waals surface area contributed by atoms with Crippen LogP contribution < -0.4 is 5.32 Å². The quantitative estimate of drug-likeness (QED) is 0.748. The molecule has 1 heterocycles. The third-order valence-corrected chi connectivity index (χ3v) is 1.82. The number of carbonyl (C=O) groups excluding carboxylic acids is 2. The normalized spacial score (nSPS) is 9.38. The Bertz CT molecular complexity index is 392. The summed E-state index contributed by atoms with van der Waals surface area (Å²) in [6.07, 6.45) is 1.45. The number of nitrogens with zero attached hydrogens (tertiary/aromatic N) is 1. The molecule has 6 heteroatoms. The summed E-state index contributed by atoms with van der Waals surface area (Å²) in [5.41, 5.74) is 0.366. The summed E-state index contributed by atoms with van der Waals surface area (Å²) in [5, 5.41) is 2.72. The van der Waals surface area contributed by atoms with E-state index in [2.05, 4.69) is 19.8 Å². The van der Waals surface area contributed by atoms with E-state index in [4.69, 9.17) is 0 Å². The molecule has 0 unspecified atom stereocenters. The molecule has 0 aliphatic rings. The van der Waals surface area contributed by atoms with Crippen molar-refractivity contribution in [1.29, 1.82) is 0 Å². The van der Waals surface area contributed by atoms with Crippen LogP contribution in [0.4, 0.5) is 5.82 Å². The van der Waals surface area contributed by atoms with Gasteiger partial charge in [-0.2, -0.15) is 0 Å². The molecule has 0 aromatic carbocycles. The zero-order valence-electron chi connectivity index (χ0n) is 9.02. The van der Waals surface area contributed by atoms with Gasteiger partial charge >= 0.3 is 11.9 Å². The Morgan fingerprint density at radius 3 is 2.75 bits per heavy atom. The highest BCUT2D eigenvalue weighted by Crippen LogP contribution is 2.07. The van der Waals surface area contributed by atoms with Crippen LogP contribution in [0.5, 0.6) is 0 Å². The molecule has 0 amide bonds. The van der Waals surface area contributed by atoms with Crippen LogP contribution in [0.25, 0.3) is 0 Å². The number of nitrogens with one attached hydrogen (secondary N) is 1. The number of rotatable bonds is 4. The van der Waals surface area contributed by atoms with Crippen molar-refractivity contribution in [3.05, 3.63) is 23.9 Å². The summed E-state index contributed by atoms with van der Waals surface area (Å²) in [5.74, 6) is -0.456. The second-order valence-electron chi connectivity index (χ2n) is 2.85. The minimum Gasteiger partial charge on any atom is -0.468 e. The topological polar surface area (TPSA) is 77.5 Å². The van der Waals surface area contributed by atoms with Gasteiger partial charge in [0, 0.05) is 6.20 Å². The molecule has 6 nitrogen and oxygen atoms in total. The standard InChI is InChI=1S/C10H12N2O4/c1-15-9(13)6-12-8-5-7(3-4-11-8)10(14)16-2/h3-5H,6H2,1-2H3,(H,11,12). The zero-order valence-corrected chi connectivity index (χ0v) is 9.02. The van der Waals surface area contributed by atoms with Crippen molar-refractivity contribution in [2.24, 2.45) is 0 Å². The lowest BCUT2D eigenvalue weighted by Gasteiger charge is -2.05. The molecule has 16 heavy (non-hydrogen) atoms. The van der Waals surface area contributed by atoms with Gasteiger partial charge in [0.1, 0.15) is 12.4 Å². The number of carbonyl (C=O) groups is 2. The van der Waals surface area contributed by atoms with E-state index in [9.17, 15) is 9.59 Å². The zero-order chi connectivity index (χ0) is 12.0. The number of esters is 2. The molecule has 1 rings (SSSR count). The van der Waals surface area contributed by atoms with Crippen molar-refractivity contribution in [2.75, 3.05) is 26.1 Å². The van der Waals surface area contributed by atoms with Crippen molar-refractivity contribution in [1.82, 2.24) is 4.98 Å². The Hall–Kier alpha value is -2.11. The molecule has 1 aromatic rings. The molecule has 86 valence electrons. The Morgan fingerprint density at radius 2 is 2.12 bits per heavy atom. The molecular formula is C10H12N2O4. The van der Waals surface area contributed by atoms with Crippen LogP contribution >= 0.6 is 0 Å². The van der Waals surface area contributed by atoms with Crippen LogP contribution in [0.2, 0.25) is 0 Å². The van der Waals surface area contributed by atoms with Crippen LogP contribution in [0.15, 0.2) is 18.3 Å². The van der Waals surface area contributed by atoms with Crippen molar-refractivity contribution >= 4 is 17.8 Å². The number of aromatic nitrogens is 1. The van der Waals surface area contributed by atoms with Crippen LogP contribution in [0, 0.1) is 0 Å². The van der Waals surface area contributed by atoms with Gasteiger partial charge in [0.2, 0.25) is 0 Å². The fourth-order valence-electron chi connectivity index (χ4n) is 1.01. The van der Waals surface area contributed by atoms with Gasteiger partial charge in [-0.05, 0) is 12.1 Å². The van der Waals surface area contributed by atoms with E-state index in [0.717, 1.165) is 0 Å². The first-order chi connectivity index (χ1) is 7.67. The molecule has 0 fully saturated rings. The van der Waals surface area contributed by atoms with Gasteiger partial charge in [0.25, 0.3) is 0 Å². The number of pyridine rings is 1. The average Bonchev–Trinajstić information content (AvgIpc) is 2.35. The second-order valence-corrected chi connectivity index (χ2v) is 2.85. The number of ether oxygens (including phenoxy) is 2. The number of hydrogen-bond donors (Lipinski definition) is 1. The Morgan fingerprint density at radius 1 is 1.38 bits per heavy atom. The summed E-state index contributed by atoms with van der Waals surface area (Å²) in [6, 6.07) is 3.02. The minimum atomic E-state index is -0.455. The maximum absolute atomic E-state index is 11.2. The molecule has 1 N–H and O–H groups in total. The first-order valence-corrected chi connectivity index (χ1v) is 4.52. The molecule has 0 bridgehead atoms. The van der Waals surface area contributed by atoms with E-state index >= 15 is 0 Å². The van der Waals surface area contributed by atoms with E-state index in [1.807, 2.05) is 0 Å². The fourth-order valence-corrected chi connectivity index (χ4v) is 1.01. The summed E-state index contributed by atoms with van der Waals surface area (Å²) in [4.78, 5) is 26.0. The molecule has 0 aliphatic carbocycles. The largest absolute Gasteiger partial charge is 0.468 e. The number of methoxy groups -OCH3 is 2. The van der Waals surface area contributed by atoms with Crippen LogP contribution in [0.3, 0.4) is 0 Å². The third kappa shape index (κ3) is 3.23. The van der Waals surface area contributed by atoms with E-state index in [-0.39, 0.29) is 6.54 Å². The van der Waals surface area contributed by atoms with Gasteiger partial charge in [-0.15, -0.1) is 0 Å². The van der Waals surface area contributed by atoms with Gasteiger partial charge in [-0.25, -0.2) is 9.78 Å². The summed E-state index contributed by atoms with van der Waals surface area (Å²) < 4.78 is 9.00. The Kier molecular flexibility index (Phi) is 4.26. The van der Waals surface area contributed by atoms with Crippen LogP contribution in [-0.2, 0) is 14.3 Å². The lowest BCUT2D eigenvalue weighted by atomic mass is 10.2. The molecule has 0 saturated carbocycles. The number of anilines is 1. The number of hydrogen-bond acceptors (Lipinski definition) is 6. The summed E-state index contributed by atoms with van der Waals surface area (Å²) in [7, 11) is 2.59. The highest BCUT2D eigenvalue weighted by molar-refractivity contribution is 5.90. The fraction of sp³-hybridized carbons (Fsp3) is 0.300. The molecule has 0 aliphatic heterocycles. The first-order valence-electron chi connectivity index (χ1n) is 4.52. The monoisotopic (exact) mass is 224 g/mol. The molecular weight excluding hydrogens is 212 g/mol. The second kappa shape index (κ2) is 5.69. The molecule has 0 spiro atoms. The van der Waals surface area contributed by atoms with Crippen LogP contribution in [0.1, 0.15) is 10.4 Å². The van der Waals surface area contributed by atoms with Crippen molar-refractivity contribution < 1.29 is 19.1 Å². The van der Waals surface area contributed by atoms with Crippen molar-refractivity contribution in [3.63, 3.8) is 0 Å². The molecule has 0 radical (unpaired) electrons. The van der Waals surface area contributed by atoms with E-state index in [0.29, 0.717) is 11.4 Å². The summed E-state index contributed by atoms with van der Waals surface area (Å²) in [6.45, 7) is -0.00583. The lowest BCUT2D eigenvalue weighted by molar-refractivity contribution is -0.138. The van der Waals surface area contributed by atoms with E-state index in [1.165, 1.54) is 32.5 Å². The lowest BCUT2D eigenvalue weighted by Crippen LogP contribution is -2.16. The Balaban J connectivity index is 2.67. The SMILES string of the molecule is COC(=O)CNc1cc(C(=O)OC)ccn1. The van der Waals surface area contributed by atoms with Gasteiger partial charge in [0.15, 0.2) is 0 Å². The minimum absolute atomic E-state index is 0.00583. The van der Waals surface area contributed by atoms with E-state index < -0.39 is 11.9 Å². The molecule has 1 aromatic heterocycles. The van der Waals surface area contributed by atoms with Crippen molar-refractivity contribution in [2.45, 2.75) is 0 Å². The smallest absolute Gasteiger partial charge is 0.338 e. The predicted octanol–water partition coefficient (Wildman–Crippen LogP) is 0.453. The average molecular weight is 224 g/mol. The van der Waals surface area contributed by atoms with Gasteiger partial charge in [-0.3, -0.25) is 4.79 Å². The predicted molar refractivity (Wildman–Crippen MR) is 56.1 cm³/mol.